The van der Waals surface area contributed by atoms with Gasteiger partial charge in [0.1, 0.15) is 0 Å². The maximum atomic E-state index is 11.8. The Hall–Kier alpha value is -1.10. The molecule has 0 radical (unpaired) electrons. The molecule has 2 N–H and O–H groups in total. The second kappa shape index (κ2) is 7.27. The van der Waals surface area contributed by atoms with Crippen LogP contribution in [0.2, 0.25) is 0 Å². The molecular weight excluding hydrogens is 220 g/mol. The first-order valence-electron chi connectivity index (χ1n) is 6.29. The van der Waals surface area contributed by atoms with E-state index in [1.807, 2.05) is 0 Å². The number of carbonyl (C=O) groups excluding carboxylic acids is 2. The van der Waals surface area contributed by atoms with Gasteiger partial charge in [0.2, 0.25) is 5.91 Å². The minimum Gasteiger partial charge on any atom is -0.466 e. The van der Waals surface area contributed by atoms with E-state index in [-0.39, 0.29) is 17.8 Å². The number of carbonyl (C=O) groups is 2. The van der Waals surface area contributed by atoms with Crippen LogP contribution in [-0.4, -0.2) is 38.1 Å². The SMILES string of the molecule is CCOC(=O)CCCNC(=O)[C@@H]1CNC[C@H]1C. The summed E-state index contributed by atoms with van der Waals surface area (Å²) in [6, 6.07) is 0. The third-order valence-electron chi connectivity index (χ3n) is 3.02. The fraction of sp³-hybridized carbons (Fsp3) is 0.833. The van der Waals surface area contributed by atoms with Crippen molar-refractivity contribution in [1.29, 1.82) is 0 Å². The van der Waals surface area contributed by atoms with Crippen molar-refractivity contribution in [2.75, 3.05) is 26.2 Å². The predicted molar refractivity (Wildman–Crippen MR) is 64.4 cm³/mol. The summed E-state index contributed by atoms with van der Waals surface area (Å²) >= 11 is 0. The average molecular weight is 242 g/mol. The van der Waals surface area contributed by atoms with Gasteiger partial charge in [0.15, 0.2) is 0 Å². The molecule has 1 rings (SSSR count). The first-order valence-corrected chi connectivity index (χ1v) is 6.29. The Labute approximate surface area is 102 Å². The van der Waals surface area contributed by atoms with Crippen LogP contribution in [-0.2, 0) is 14.3 Å². The van der Waals surface area contributed by atoms with E-state index in [9.17, 15) is 9.59 Å². The maximum absolute atomic E-state index is 11.8. The van der Waals surface area contributed by atoms with Gasteiger partial charge in [-0.15, -0.1) is 0 Å². The average Bonchev–Trinajstić information content (AvgIpc) is 2.71. The molecule has 98 valence electrons. The zero-order valence-corrected chi connectivity index (χ0v) is 10.6. The van der Waals surface area contributed by atoms with Gasteiger partial charge in [-0.1, -0.05) is 6.92 Å². The molecule has 2 atom stereocenters. The third kappa shape index (κ3) is 4.73. The molecule has 1 saturated heterocycles. The second-order valence-electron chi connectivity index (χ2n) is 4.44. The van der Waals surface area contributed by atoms with Crippen LogP contribution in [0.3, 0.4) is 0 Å². The lowest BCUT2D eigenvalue weighted by Gasteiger charge is -2.13. The summed E-state index contributed by atoms with van der Waals surface area (Å²) in [7, 11) is 0. The Balaban J connectivity index is 2.10. The molecule has 1 aliphatic rings. The fourth-order valence-electron chi connectivity index (χ4n) is 1.97. The number of esters is 1. The lowest BCUT2D eigenvalue weighted by molar-refractivity contribution is -0.143. The summed E-state index contributed by atoms with van der Waals surface area (Å²) in [4.78, 5) is 22.8. The molecule has 5 nitrogen and oxygen atoms in total. The fourth-order valence-corrected chi connectivity index (χ4v) is 1.97. The molecule has 0 aromatic heterocycles. The van der Waals surface area contributed by atoms with Crippen LogP contribution in [0, 0.1) is 11.8 Å². The largest absolute Gasteiger partial charge is 0.466 e. The highest BCUT2D eigenvalue weighted by atomic mass is 16.5. The van der Waals surface area contributed by atoms with E-state index in [2.05, 4.69) is 17.6 Å². The van der Waals surface area contributed by atoms with Crippen molar-refractivity contribution in [2.45, 2.75) is 26.7 Å². The van der Waals surface area contributed by atoms with Gasteiger partial charge in [0.05, 0.1) is 12.5 Å². The molecule has 1 aliphatic heterocycles. The van der Waals surface area contributed by atoms with Crippen molar-refractivity contribution in [3.63, 3.8) is 0 Å². The van der Waals surface area contributed by atoms with Gasteiger partial charge in [0.25, 0.3) is 0 Å². The normalized spacial score (nSPS) is 23.4. The van der Waals surface area contributed by atoms with E-state index in [0.29, 0.717) is 31.9 Å². The van der Waals surface area contributed by atoms with E-state index in [1.165, 1.54) is 0 Å². The van der Waals surface area contributed by atoms with Crippen molar-refractivity contribution in [1.82, 2.24) is 10.6 Å². The first-order chi connectivity index (χ1) is 8.15. The van der Waals surface area contributed by atoms with Crippen LogP contribution in [0.1, 0.15) is 26.7 Å². The summed E-state index contributed by atoms with van der Waals surface area (Å²) in [6.45, 7) is 6.47. The number of amides is 1. The standard InChI is InChI=1S/C12H22N2O3/c1-3-17-11(15)5-4-6-14-12(16)10-8-13-7-9(10)2/h9-10,13H,3-8H2,1-2H3,(H,14,16)/t9-,10-/m1/s1. The van der Waals surface area contributed by atoms with Crippen molar-refractivity contribution >= 4 is 11.9 Å². The third-order valence-corrected chi connectivity index (χ3v) is 3.02. The van der Waals surface area contributed by atoms with Crippen LogP contribution >= 0.6 is 0 Å². The first kappa shape index (κ1) is 14.0. The Morgan fingerprint density at radius 1 is 1.41 bits per heavy atom. The van der Waals surface area contributed by atoms with E-state index in [0.717, 1.165) is 13.1 Å². The summed E-state index contributed by atoms with van der Waals surface area (Å²) in [5.74, 6) is 0.349. The lowest BCUT2D eigenvalue weighted by Crippen LogP contribution is -2.35. The molecule has 0 aliphatic carbocycles. The highest BCUT2D eigenvalue weighted by Gasteiger charge is 2.28. The molecule has 0 aromatic rings. The predicted octanol–water partition coefficient (Wildman–Crippen LogP) is 0.301. The number of hydrogen-bond acceptors (Lipinski definition) is 4. The molecule has 0 bridgehead atoms. The van der Waals surface area contributed by atoms with Crippen LogP contribution < -0.4 is 10.6 Å². The van der Waals surface area contributed by atoms with Crippen LogP contribution in [0.25, 0.3) is 0 Å². The quantitative estimate of drug-likeness (QED) is 0.519. The Morgan fingerprint density at radius 2 is 2.18 bits per heavy atom. The minimum absolute atomic E-state index is 0.0672. The van der Waals surface area contributed by atoms with Gasteiger partial charge in [0, 0.05) is 19.5 Å². The summed E-state index contributed by atoms with van der Waals surface area (Å²) in [6.07, 6.45) is 1.01. The van der Waals surface area contributed by atoms with Gasteiger partial charge in [-0.05, 0) is 25.8 Å². The molecule has 1 fully saturated rings. The monoisotopic (exact) mass is 242 g/mol. The number of ether oxygens (including phenoxy) is 1. The summed E-state index contributed by atoms with van der Waals surface area (Å²) in [5, 5.41) is 6.06. The summed E-state index contributed by atoms with van der Waals surface area (Å²) in [5.41, 5.74) is 0. The van der Waals surface area contributed by atoms with Gasteiger partial charge in [-0.3, -0.25) is 9.59 Å². The van der Waals surface area contributed by atoms with E-state index in [4.69, 9.17) is 4.74 Å². The molecule has 1 heterocycles. The molecule has 0 saturated carbocycles. The molecule has 0 aromatic carbocycles. The zero-order valence-electron chi connectivity index (χ0n) is 10.6. The molecule has 17 heavy (non-hydrogen) atoms. The van der Waals surface area contributed by atoms with Crippen LogP contribution in [0.4, 0.5) is 0 Å². The Morgan fingerprint density at radius 3 is 2.76 bits per heavy atom. The Bertz CT molecular complexity index is 268. The van der Waals surface area contributed by atoms with Gasteiger partial charge in [-0.2, -0.15) is 0 Å². The van der Waals surface area contributed by atoms with Crippen LogP contribution in [0.5, 0.6) is 0 Å². The molecule has 5 heteroatoms. The number of hydrogen-bond donors (Lipinski definition) is 2. The Kier molecular flexibility index (Phi) is 5.97. The van der Waals surface area contributed by atoms with E-state index in [1.54, 1.807) is 6.92 Å². The lowest BCUT2D eigenvalue weighted by atomic mass is 9.97. The highest BCUT2D eigenvalue weighted by molar-refractivity contribution is 5.79. The smallest absolute Gasteiger partial charge is 0.305 e. The molecule has 0 spiro atoms. The zero-order chi connectivity index (χ0) is 12.7. The highest BCUT2D eigenvalue weighted by Crippen LogP contribution is 2.15. The molecular formula is C12H22N2O3. The number of rotatable bonds is 6. The van der Waals surface area contributed by atoms with E-state index >= 15 is 0 Å². The minimum atomic E-state index is -0.197. The summed E-state index contributed by atoms with van der Waals surface area (Å²) < 4.78 is 4.80. The van der Waals surface area contributed by atoms with Crippen LogP contribution in [0.15, 0.2) is 0 Å². The van der Waals surface area contributed by atoms with Crippen molar-refractivity contribution in [3.05, 3.63) is 0 Å². The van der Waals surface area contributed by atoms with E-state index < -0.39 is 0 Å². The number of nitrogens with one attached hydrogen (secondary N) is 2. The molecule has 1 amide bonds. The van der Waals surface area contributed by atoms with Crippen molar-refractivity contribution < 1.29 is 14.3 Å². The topological polar surface area (TPSA) is 67.4 Å². The van der Waals surface area contributed by atoms with Gasteiger partial charge < -0.3 is 15.4 Å². The van der Waals surface area contributed by atoms with Crippen molar-refractivity contribution in [2.24, 2.45) is 11.8 Å². The molecule has 0 unspecified atom stereocenters. The van der Waals surface area contributed by atoms with Crippen molar-refractivity contribution in [3.8, 4) is 0 Å². The maximum Gasteiger partial charge on any atom is 0.305 e. The second-order valence-corrected chi connectivity index (χ2v) is 4.44. The van der Waals surface area contributed by atoms with Gasteiger partial charge >= 0.3 is 5.97 Å². The van der Waals surface area contributed by atoms with Gasteiger partial charge in [-0.25, -0.2) is 0 Å².